The van der Waals surface area contributed by atoms with Crippen molar-refractivity contribution < 1.29 is 14.7 Å². The second-order valence-electron chi connectivity index (χ2n) is 5.07. The molecule has 1 aromatic heterocycles. The van der Waals surface area contributed by atoms with Gasteiger partial charge in [0.15, 0.2) is 5.69 Å². The number of carbonyl (C=O) groups excluding carboxylic acids is 1. The third-order valence-corrected chi connectivity index (χ3v) is 3.30. The van der Waals surface area contributed by atoms with Crippen LogP contribution in [0.4, 0.5) is 0 Å². The molecule has 0 unspecified atom stereocenters. The summed E-state index contributed by atoms with van der Waals surface area (Å²) in [5.74, 6) is -1.51. The van der Waals surface area contributed by atoms with Crippen LogP contribution in [-0.2, 0) is 4.79 Å². The molecule has 0 fully saturated rings. The van der Waals surface area contributed by atoms with E-state index in [0.29, 0.717) is 12.8 Å². The van der Waals surface area contributed by atoms with Gasteiger partial charge in [-0.05, 0) is 31.5 Å². The summed E-state index contributed by atoms with van der Waals surface area (Å²) in [5, 5.41) is 15.9. The lowest BCUT2D eigenvalue weighted by molar-refractivity contribution is -0.139. The van der Waals surface area contributed by atoms with Crippen LogP contribution in [0.25, 0.3) is 5.69 Å². The second kappa shape index (κ2) is 6.89. The van der Waals surface area contributed by atoms with E-state index in [1.807, 2.05) is 44.2 Å². The Balaban J connectivity index is 2.20. The largest absolute Gasteiger partial charge is 0.480 e. The van der Waals surface area contributed by atoms with Crippen LogP contribution in [0, 0.1) is 6.92 Å². The van der Waals surface area contributed by atoms with Crippen LogP contribution in [0.15, 0.2) is 36.4 Å². The van der Waals surface area contributed by atoms with Crippen molar-refractivity contribution in [2.45, 2.75) is 32.7 Å². The summed E-state index contributed by atoms with van der Waals surface area (Å²) in [4.78, 5) is 23.3. The Labute approximate surface area is 128 Å². The average molecular weight is 301 g/mol. The molecule has 1 atom stereocenters. The Hall–Kier alpha value is -2.63. The zero-order valence-corrected chi connectivity index (χ0v) is 12.6. The van der Waals surface area contributed by atoms with Gasteiger partial charge < -0.3 is 10.4 Å². The second-order valence-corrected chi connectivity index (χ2v) is 5.07. The van der Waals surface area contributed by atoms with Crippen LogP contribution < -0.4 is 5.32 Å². The molecular formula is C16H19N3O3. The number of nitrogens with one attached hydrogen (secondary N) is 1. The van der Waals surface area contributed by atoms with E-state index >= 15 is 0 Å². The molecule has 0 aliphatic heterocycles. The van der Waals surface area contributed by atoms with Crippen molar-refractivity contribution in [1.29, 1.82) is 0 Å². The highest BCUT2D eigenvalue weighted by molar-refractivity contribution is 5.95. The van der Waals surface area contributed by atoms with E-state index in [2.05, 4.69) is 10.4 Å². The molecule has 116 valence electrons. The zero-order valence-electron chi connectivity index (χ0n) is 12.6. The summed E-state index contributed by atoms with van der Waals surface area (Å²) in [6.45, 7) is 3.72. The number of aliphatic carboxylic acids is 1. The molecule has 1 heterocycles. The minimum Gasteiger partial charge on any atom is -0.480 e. The number of aromatic nitrogens is 2. The highest BCUT2D eigenvalue weighted by atomic mass is 16.4. The Morgan fingerprint density at radius 2 is 2.00 bits per heavy atom. The summed E-state index contributed by atoms with van der Waals surface area (Å²) in [6.07, 6.45) is 1.06. The number of carbonyl (C=O) groups is 2. The minimum atomic E-state index is -1.03. The highest BCUT2D eigenvalue weighted by Gasteiger charge is 2.21. The van der Waals surface area contributed by atoms with Gasteiger partial charge in [0.05, 0.1) is 5.69 Å². The first kappa shape index (κ1) is 15.8. The topological polar surface area (TPSA) is 84.2 Å². The molecule has 22 heavy (non-hydrogen) atoms. The first-order valence-corrected chi connectivity index (χ1v) is 7.18. The van der Waals surface area contributed by atoms with Gasteiger partial charge in [-0.15, -0.1) is 0 Å². The Kier molecular flexibility index (Phi) is 4.93. The lowest BCUT2D eigenvalue weighted by Crippen LogP contribution is -2.40. The normalized spacial score (nSPS) is 11.9. The predicted octanol–water partition coefficient (Wildman–Crippen LogP) is 2.16. The van der Waals surface area contributed by atoms with Gasteiger partial charge in [-0.1, -0.05) is 31.5 Å². The number of hydrogen-bond donors (Lipinski definition) is 2. The lowest BCUT2D eigenvalue weighted by atomic mass is 10.1. The quantitative estimate of drug-likeness (QED) is 0.856. The molecule has 0 saturated heterocycles. The van der Waals surface area contributed by atoms with Crippen LogP contribution in [0.2, 0.25) is 0 Å². The van der Waals surface area contributed by atoms with Crippen LogP contribution >= 0.6 is 0 Å². The van der Waals surface area contributed by atoms with E-state index in [0.717, 1.165) is 11.4 Å². The molecule has 0 saturated carbocycles. The lowest BCUT2D eigenvalue weighted by Gasteiger charge is -2.12. The van der Waals surface area contributed by atoms with E-state index < -0.39 is 17.9 Å². The molecular weight excluding hydrogens is 282 g/mol. The number of para-hydroxylation sites is 1. The van der Waals surface area contributed by atoms with Gasteiger partial charge in [0, 0.05) is 5.69 Å². The average Bonchev–Trinajstić information content (AvgIpc) is 2.89. The predicted molar refractivity (Wildman–Crippen MR) is 82.1 cm³/mol. The molecule has 6 nitrogen and oxygen atoms in total. The van der Waals surface area contributed by atoms with Crippen molar-refractivity contribution in [3.8, 4) is 5.69 Å². The minimum absolute atomic E-state index is 0.212. The van der Waals surface area contributed by atoms with E-state index in [9.17, 15) is 9.59 Å². The number of hydrogen-bond acceptors (Lipinski definition) is 3. The molecule has 6 heteroatoms. The smallest absolute Gasteiger partial charge is 0.326 e. The standard InChI is InChI=1S/C16H19N3O3/c1-3-7-13(16(21)22)17-15(20)14-10-11(2)19(18-14)12-8-5-4-6-9-12/h4-6,8-10,13H,3,7H2,1-2H3,(H,17,20)(H,21,22)/t13-/m1/s1. The first-order chi connectivity index (χ1) is 10.5. The van der Waals surface area contributed by atoms with Crippen LogP contribution in [0.1, 0.15) is 35.9 Å². The first-order valence-electron chi connectivity index (χ1n) is 7.18. The molecule has 0 aliphatic rings. The molecule has 2 rings (SSSR count). The number of carboxylic acids is 1. The van der Waals surface area contributed by atoms with Crippen molar-refractivity contribution in [2.75, 3.05) is 0 Å². The van der Waals surface area contributed by atoms with Gasteiger partial charge in [-0.3, -0.25) is 4.79 Å². The maximum Gasteiger partial charge on any atom is 0.326 e. The maximum atomic E-state index is 12.2. The Morgan fingerprint density at radius 1 is 1.32 bits per heavy atom. The van der Waals surface area contributed by atoms with Gasteiger partial charge in [-0.2, -0.15) is 5.10 Å². The fourth-order valence-electron chi connectivity index (χ4n) is 2.19. The fourth-order valence-corrected chi connectivity index (χ4v) is 2.19. The van der Waals surface area contributed by atoms with Crippen molar-refractivity contribution >= 4 is 11.9 Å². The summed E-state index contributed by atoms with van der Waals surface area (Å²) in [6, 6.07) is 10.2. The van der Waals surface area contributed by atoms with Crippen LogP contribution in [-0.4, -0.2) is 32.8 Å². The molecule has 2 N–H and O–H groups in total. The number of nitrogens with zero attached hydrogens (tertiary/aromatic N) is 2. The van der Waals surface area contributed by atoms with Gasteiger partial charge >= 0.3 is 5.97 Å². The summed E-state index contributed by atoms with van der Waals surface area (Å²) in [7, 11) is 0. The van der Waals surface area contributed by atoms with Gasteiger partial charge in [0.1, 0.15) is 6.04 Å². The molecule has 1 aromatic carbocycles. The molecule has 0 bridgehead atoms. The molecule has 1 amide bonds. The van der Waals surface area contributed by atoms with Crippen molar-refractivity contribution in [3.63, 3.8) is 0 Å². The van der Waals surface area contributed by atoms with Crippen molar-refractivity contribution in [3.05, 3.63) is 47.8 Å². The molecule has 2 aromatic rings. The third kappa shape index (κ3) is 3.52. The van der Waals surface area contributed by atoms with Crippen LogP contribution in [0.3, 0.4) is 0 Å². The van der Waals surface area contributed by atoms with E-state index in [1.54, 1.807) is 10.7 Å². The zero-order chi connectivity index (χ0) is 16.1. The van der Waals surface area contributed by atoms with Crippen molar-refractivity contribution in [1.82, 2.24) is 15.1 Å². The van der Waals surface area contributed by atoms with Gasteiger partial charge in [0.2, 0.25) is 0 Å². The van der Waals surface area contributed by atoms with E-state index in [-0.39, 0.29) is 5.69 Å². The summed E-state index contributed by atoms with van der Waals surface area (Å²) >= 11 is 0. The SMILES string of the molecule is CCC[C@@H](NC(=O)c1cc(C)n(-c2ccccc2)n1)C(=O)O. The Morgan fingerprint density at radius 3 is 2.59 bits per heavy atom. The third-order valence-electron chi connectivity index (χ3n) is 3.30. The number of amides is 1. The number of carboxylic acid groups (broad SMARTS) is 1. The maximum absolute atomic E-state index is 12.2. The fraction of sp³-hybridized carbons (Fsp3) is 0.312. The molecule has 0 aliphatic carbocycles. The Bertz CT molecular complexity index is 665. The number of aryl methyl sites for hydroxylation is 1. The number of benzene rings is 1. The van der Waals surface area contributed by atoms with E-state index in [4.69, 9.17) is 5.11 Å². The van der Waals surface area contributed by atoms with Gasteiger partial charge in [-0.25, -0.2) is 9.48 Å². The van der Waals surface area contributed by atoms with Gasteiger partial charge in [0.25, 0.3) is 5.91 Å². The highest BCUT2D eigenvalue weighted by Crippen LogP contribution is 2.12. The molecule has 0 spiro atoms. The van der Waals surface area contributed by atoms with E-state index in [1.165, 1.54) is 0 Å². The van der Waals surface area contributed by atoms with Crippen LogP contribution in [0.5, 0.6) is 0 Å². The summed E-state index contributed by atoms with van der Waals surface area (Å²) < 4.78 is 1.66. The molecule has 0 radical (unpaired) electrons. The number of rotatable bonds is 6. The monoisotopic (exact) mass is 301 g/mol. The van der Waals surface area contributed by atoms with Crippen molar-refractivity contribution in [2.24, 2.45) is 0 Å². The summed E-state index contributed by atoms with van der Waals surface area (Å²) in [5.41, 5.74) is 1.87.